The van der Waals surface area contributed by atoms with E-state index in [1.54, 1.807) is 30.5 Å². The first-order valence-electron chi connectivity index (χ1n) is 10.1. The summed E-state index contributed by atoms with van der Waals surface area (Å²) in [7, 11) is 0. The van der Waals surface area contributed by atoms with Crippen molar-refractivity contribution in [1.82, 2.24) is 4.98 Å². The molecule has 1 unspecified atom stereocenters. The minimum Gasteiger partial charge on any atom is -0.459 e. The van der Waals surface area contributed by atoms with E-state index in [9.17, 15) is 13.6 Å². The molecule has 4 aromatic rings. The third-order valence-corrected chi connectivity index (χ3v) is 5.80. The van der Waals surface area contributed by atoms with E-state index in [0.717, 1.165) is 21.6 Å². The van der Waals surface area contributed by atoms with Crippen molar-refractivity contribution >= 4 is 28.1 Å². The number of carbonyl (C=O) groups excluding carboxylic acids is 1. The van der Waals surface area contributed by atoms with Crippen molar-refractivity contribution in [3.8, 4) is 5.75 Å². The Labute approximate surface area is 193 Å². The van der Waals surface area contributed by atoms with E-state index in [0.29, 0.717) is 10.8 Å². The van der Waals surface area contributed by atoms with E-state index in [1.165, 1.54) is 29.7 Å². The number of hydrogen-bond donors (Lipinski definition) is 2. The normalized spacial score (nSPS) is 11.9. The SMILES string of the molecule is Cc1ccnc(NC(c2ccc(OC(F)F)cc2)c2cc(C)sc2NC(=O)c2ccco2)c1. The number of alkyl halides is 2. The number of hydrogen-bond acceptors (Lipinski definition) is 6. The van der Waals surface area contributed by atoms with Crippen LogP contribution in [0, 0.1) is 13.8 Å². The van der Waals surface area contributed by atoms with Crippen LogP contribution in [0.1, 0.15) is 38.2 Å². The maximum Gasteiger partial charge on any atom is 0.387 e. The maximum atomic E-state index is 12.6. The van der Waals surface area contributed by atoms with Gasteiger partial charge in [0.2, 0.25) is 0 Å². The van der Waals surface area contributed by atoms with Crippen molar-refractivity contribution in [2.45, 2.75) is 26.5 Å². The Bertz CT molecular complexity index is 1220. The van der Waals surface area contributed by atoms with Crippen molar-refractivity contribution < 1.29 is 22.7 Å². The molecule has 1 atom stereocenters. The zero-order valence-corrected chi connectivity index (χ0v) is 18.7. The van der Waals surface area contributed by atoms with Crippen LogP contribution in [0.2, 0.25) is 0 Å². The minimum atomic E-state index is -2.90. The van der Waals surface area contributed by atoms with E-state index >= 15 is 0 Å². The Morgan fingerprint density at radius 2 is 1.91 bits per heavy atom. The number of rotatable bonds is 8. The molecular weight excluding hydrogens is 448 g/mol. The van der Waals surface area contributed by atoms with Gasteiger partial charge in [0.15, 0.2) is 5.76 Å². The maximum absolute atomic E-state index is 12.6. The molecule has 1 aromatic carbocycles. The number of carbonyl (C=O) groups is 1. The van der Waals surface area contributed by atoms with Crippen molar-refractivity contribution in [2.75, 3.05) is 10.6 Å². The summed E-state index contributed by atoms with van der Waals surface area (Å²) in [5.74, 6) is 0.538. The number of ether oxygens (including phenoxy) is 1. The second kappa shape index (κ2) is 9.83. The number of furan rings is 1. The number of aromatic nitrogens is 1. The molecule has 3 heterocycles. The highest BCUT2D eigenvalue weighted by molar-refractivity contribution is 7.16. The first-order valence-corrected chi connectivity index (χ1v) is 10.9. The Balaban J connectivity index is 1.71. The number of nitrogens with one attached hydrogen (secondary N) is 2. The van der Waals surface area contributed by atoms with Crippen molar-refractivity contribution in [3.63, 3.8) is 0 Å². The molecule has 33 heavy (non-hydrogen) atoms. The summed E-state index contributed by atoms with van der Waals surface area (Å²) in [6.07, 6.45) is 3.14. The molecule has 2 N–H and O–H groups in total. The van der Waals surface area contributed by atoms with Crippen molar-refractivity contribution in [3.05, 3.63) is 94.4 Å². The number of nitrogens with zero attached hydrogens (tertiary/aromatic N) is 1. The van der Waals surface area contributed by atoms with Crippen LogP contribution in [0.15, 0.2) is 71.5 Å². The Kier molecular flexibility index (Phi) is 6.69. The van der Waals surface area contributed by atoms with Crippen LogP contribution in [0.25, 0.3) is 0 Å². The van der Waals surface area contributed by atoms with Crippen LogP contribution in [0.3, 0.4) is 0 Å². The van der Waals surface area contributed by atoms with Gasteiger partial charge in [0.05, 0.1) is 12.3 Å². The molecule has 0 radical (unpaired) electrons. The van der Waals surface area contributed by atoms with E-state index < -0.39 is 12.7 Å². The second-order valence-corrected chi connectivity index (χ2v) is 8.57. The molecule has 0 bridgehead atoms. The van der Waals surface area contributed by atoms with Gasteiger partial charge in [-0.25, -0.2) is 4.98 Å². The van der Waals surface area contributed by atoms with Crippen LogP contribution in [0.4, 0.5) is 19.6 Å². The highest BCUT2D eigenvalue weighted by atomic mass is 32.1. The molecule has 0 spiro atoms. The standard InChI is InChI=1S/C24H21F2N3O3S/c1-14-9-10-27-20(12-14)28-21(16-5-7-17(8-6-16)32-24(25)26)18-13-15(2)33-23(18)29-22(30)19-4-3-11-31-19/h3-13,21,24H,1-2H3,(H,27,28)(H,29,30). The lowest BCUT2D eigenvalue weighted by molar-refractivity contribution is -0.0498. The van der Waals surface area contributed by atoms with Gasteiger partial charge in [0.25, 0.3) is 5.91 Å². The lowest BCUT2D eigenvalue weighted by Gasteiger charge is -2.21. The van der Waals surface area contributed by atoms with Crippen LogP contribution in [-0.2, 0) is 0 Å². The number of amides is 1. The predicted molar refractivity (Wildman–Crippen MR) is 123 cm³/mol. The number of anilines is 2. The van der Waals surface area contributed by atoms with Gasteiger partial charge in [-0.3, -0.25) is 4.79 Å². The Morgan fingerprint density at radius 3 is 2.58 bits per heavy atom. The fourth-order valence-corrected chi connectivity index (χ4v) is 4.31. The number of benzene rings is 1. The van der Waals surface area contributed by atoms with Gasteiger partial charge in [-0.2, -0.15) is 8.78 Å². The van der Waals surface area contributed by atoms with E-state index in [1.807, 2.05) is 32.0 Å². The molecule has 4 rings (SSSR count). The van der Waals surface area contributed by atoms with Crippen LogP contribution < -0.4 is 15.4 Å². The summed E-state index contributed by atoms with van der Waals surface area (Å²) >= 11 is 1.43. The molecule has 0 saturated heterocycles. The summed E-state index contributed by atoms with van der Waals surface area (Å²) < 4.78 is 34.8. The largest absolute Gasteiger partial charge is 0.459 e. The van der Waals surface area contributed by atoms with Gasteiger partial charge in [-0.1, -0.05) is 12.1 Å². The minimum absolute atomic E-state index is 0.0639. The fraction of sp³-hybridized carbons (Fsp3) is 0.167. The lowest BCUT2D eigenvalue weighted by atomic mass is 9.99. The Morgan fingerprint density at radius 1 is 1.12 bits per heavy atom. The number of aryl methyl sites for hydroxylation is 2. The monoisotopic (exact) mass is 469 g/mol. The zero-order valence-electron chi connectivity index (χ0n) is 17.8. The molecule has 9 heteroatoms. The third kappa shape index (κ3) is 5.56. The highest BCUT2D eigenvalue weighted by Gasteiger charge is 2.23. The second-order valence-electron chi connectivity index (χ2n) is 7.32. The fourth-order valence-electron chi connectivity index (χ4n) is 3.36. The average molecular weight is 470 g/mol. The van der Waals surface area contributed by atoms with Crippen LogP contribution in [0.5, 0.6) is 5.75 Å². The van der Waals surface area contributed by atoms with Gasteiger partial charge in [-0.05, 0) is 67.4 Å². The first kappa shape index (κ1) is 22.5. The van der Waals surface area contributed by atoms with Gasteiger partial charge < -0.3 is 19.8 Å². The molecule has 0 aliphatic heterocycles. The van der Waals surface area contributed by atoms with E-state index in [4.69, 9.17) is 4.42 Å². The summed E-state index contributed by atoms with van der Waals surface area (Å²) in [5, 5.41) is 6.97. The summed E-state index contributed by atoms with van der Waals surface area (Å²) in [4.78, 5) is 18.0. The molecule has 0 aliphatic carbocycles. The Hall–Kier alpha value is -3.72. The molecule has 3 aromatic heterocycles. The van der Waals surface area contributed by atoms with Crippen molar-refractivity contribution in [2.24, 2.45) is 0 Å². The molecule has 1 amide bonds. The quantitative estimate of drug-likeness (QED) is 0.312. The zero-order chi connectivity index (χ0) is 23.4. The number of pyridine rings is 1. The smallest absolute Gasteiger partial charge is 0.387 e. The van der Waals surface area contributed by atoms with Gasteiger partial charge in [0.1, 0.15) is 16.6 Å². The van der Waals surface area contributed by atoms with Crippen LogP contribution >= 0.6 is 11.3 Å². The number of halogens is 2. The predicted octanol–water partition coefficient (Wildman–Crippen LogP) is 6.41. The summed E-state index contributed by atoms with van der Waals surface area (Å²) in [6, 6.07) is 15.0. The van der Waals surface area contributed by atoms with Gasteiger partial charge in [0, 0.05) is 16.6 Å². The third-order valence-electron chi connectivity index (χ3n) is 4.81. The molecule has 170 valence electrons. The molecule has 6 nitrogen and oxygen atoms in total. The molecule has 0 fully saturated rings. The first-order chi connectivity index (χ1) is 15.9. The molecule has 0 saturated carbocycles. The highest BCUT2D eigenvalue weighted by Crippen LogP contribution is 2.38. The molecule has 0 aliphatic rings. The number of thiophene rings is 1. The summed E-state index contributed by atoms with van der Waals surface area (Å²) in [6.45, 7) is 1.00. The van der Waals surface area contributed by atoms with E-state index in [2.05, 4.69) is 20.4 Å². The van der Waals surface area contributed by atoms with Gasteiger partial charge in [-0.15, -0.1) is 11.3 Å². The lowest BCUT2D eigenvalue weighted by Crippen LogP contribution is -2.17. The average Bonchev–Trinajstić information content (AvgIpc) is 3.42. The van der Waals surface area contributed by atoms with E-state index in [-0.39, 0.29) is 17.4 Å². The van der Waals surface area contributed by atoms with Gasteiger partial charge >= 0.3 is 6.61 Å². The van der Waals surface area contributed by atoms with Crippen molar-refractivity contribution in [1.29, 1.82) is 0 Å². The summed E-state index contributed by atoms with van der Waals surface area (Å²) in [5.41, 5.74) is 2.62. The van der Waals surface area contributed by atoms with Crippen LogP contribution in [-0.4, -0.2) is 17.5 Å². The topological polar surface area (TPSA) is 76.4 Å². The molecular formula is C24H21F2N3O3S.